The summed E-state index contributed by atoms with van der Waals surface area (Å²) >= 11 is 5.39. The first-order valence-corrected chi connectivity index (χ1v) is 8.05. The highest BCUT2D eigenvalue weighted by Crippen LogP contribution is 2.39. The van der Waals surface area contributed by atoms with Crippen LogP contribution in [-0.2, 0) is 15.2 Å². The first kappa shape index (κ1) is 16.8. The van der Waals surface area contributed by atoms with E-state index in [1.165, 1.54) is 0 Å². The van der Waals surface area contributed by atoms with Gasteiger partial charge in [-0.15, -0.1) is 11.6 Å². The molecular weight excluding hydrogens is 304 g/mol. The number of alkyl halides is 1. The maximum absolute atomic E-state index is 12.6. The summed E-state index contributed by atoms with van der Waals surface area (Å²) in [5.74, 6) is -1.57. The van der Waals surface area contributed by atoms with E-state index in [-0.39, 0.29) is 11.8 Å². The van der Waals surface area contributed by atoms with Crippen LogP contribution in [0.25, 0.3) is 0 Å². The van der Waals surface area contributed by atoms with Crippen molar-refractivity contribution >= 4 is 23.4 Å². The molecular formula is C16H21ClN2O3. The minimum atomic E-state index is -1.65. The lowest BCUT2D eigenvalue weighted by atomic mass is 9.73. The number of halogens is 1. The molecule has 0 saturated heterocycles. The van der Waals surface area contributed by atoms with Crippen LogP contribution in [0.3, 0.4) is 0 Å². The van der Waals surface area contributed by atoms with Gasteiger partial charge in [0.15, 0.2) is 5.60 Å². The molecule has 0 unspecified atom stereocenters. The molecule has 5 nitrogen and oxygen atoms in total. The van der Waals surface area contributed by atoms with Gasteiger partial charge in [0.25, 0.3) is 11.8 Å². The summed E-state index contributed by atoms with van der Waals surface area (Å²) in [6, 6.07) is 8.87. The molecule has 2 rings (SSSR count). The van der Waals surface area contributed by atoms with Crippen molar-refractivity contribution in [3.63, 3.8) is 0 Å². The van der Waals surface area contributed by atoms with Crippen LogP contribution in [0.15, 0.2) is 30.3 Å². The Kier molecular flexibility index (Phi) is 5.80. The lowest BCUT2D eigenvalue weighted by molar-refractivity contribution is -0.151. The quantitative estimate of drug-likeness (QED) is 0.584. The van der Waals surface area contributed by atoms with Crippen molar-refractivity contribution < 1.29 is 14.7 Å². The minimum absolute atomic E-state index is 0.170. The smallest absolute Gasteiger partial charge is 0.275 e. The van der Waals surface area contributed by atoms with Crippen molar-refractivity contribution in [2.45, 2.75) is 37.7 Å². The Morgan fingerprint density at radius 1 is 1.14 bits per heavy atom. The maximum Gasteiger partial charge on any atom is 0.275 e. The molecule has 1 aromatic carbocycles. The fourth-order valence-electron chi connectivity index (χ4n) is 3.02. The van der Waals surface area contributed by atoms with Crippen LogP contribution in [0, 0.1) is 5.92 Å². The minimum Gasteiger partial charge on any atom is -0.375 e. The molecule has 0 radical (unpaired) electrons. The van der Waals surface area contributed by atoms with E-state index >= 15 is 0 Å². The van der Waals surface area contributed by atoms with Gasteiger partial charge in [0, 0.05) is 5.92 Å². The second-order valence-electron chi connectivity index (χ2n) is 5.60. The predicted octanol–water partition coefficient (Wildman–Crippen LogP) is 1.84. The number of rotatable bonds is 4. The number of hydrogen-bond acceptors (Lipinski definition) is 3. The third-order valence-electron chi connectivity index (χ3n) is 4.19. The first-order chi connectivity index (χ1) is 10.6. The molecule has 0 heterocycles. The maximum atomic E-state index is 12.6. The number of carbonyl (C=O) groups is 2. The summed E-state index contributed by atoms with van der Waals surface area (Å²) in [5, 5.41) is 11.2. The fourth-order valence-corrected chi connectivity index (χ4v) is 3.09. The molecule has 120 valence electrons. The summed E-state index contributed by atoms with van der Waals surface area (Å²) in [6.07, 6.45) is 4.65. The molecule has 1 aliphatic carbocycles. The molecule has 1 saturated carbocycles. The van der Waals surface area contributed by atoms with Crippen molar-refractivity contribution in [2.24, 2.45) is 5.92 Å². The molecule has 1 aromatic rings. The summed E-state index contributed by atoms with van der Waals surface area (Å²) in [5.41, 5.74) is 3.40. The lowest BCUT2D eigenvalue weighted by Crippen LogP contribution is -2.55. The van der Waals surface area contributed by atoms with E-state index in [0.29, 0.717) is 5.56 Å². The van der Waals surface area contributed by atoms with E-state index in [0.717, 1.165) is 32.1 Å². The van der Waals surface area contributed by atoms with E-state index in [4.69, 9.17) is 11.6 Å². The van der Waals surface area contributed by atoms with Gasteiger partial charge in [-0.3, -0.25) is 20.4 Å². The van der Waals surface area contributed by atoms with Gasteiger partial charge in [-0.1, -0.05) is 49.6 Å². The number of amides is 2. The Balaban J connectivity index is 2.24. The molecule has 1 aliphatic rings. The van der Waals surface area contributed by atoms with Gasteiger partial charge in [0.05, 0.1) is 0 Å². The van der Waals surface area contributed by atoms with E-state index < -0.39 is 17.4 Å². The second-order valence-corrected chi connectivity index (χ2v) is 5.87. The van der Waals surface area contributed by atoms with E-state index in [9.17, 15) is 14.7 Å². The zero-order valence-electron chi connectivity index (χ0n) is 12.3. The first-order valence-electron chi connectivity index (χ1n) is 7.52. The third-order valence-corrected chi connectivity index (χ3v) is 4.44. The topological polar surface area (TPSA) is 78.4 Å². The van der Waals surface area contributed by atoms with Crippen LogP contribution in [0.4, 0.5) is 0 Å². The fraction of sp³-hybridized carbons (Fsp3) is 0.500. The highest BCUT2D eigenvalue weighted by molar-refractivity contribution is 6.27. The van der Waals surface area contributed by atoms with Gasteiger partial charge in [0.1, 0.15) is 5.88 Å². The van der Waals surface area contributed by atoms with Crippen LogP contribution in [0.2, 0.25) is 0 Å². The molecule has 0 aromatic heterocycles. The zero-order valence-corrected chi connectivity index (χ0v) is 13.1. The number of aliphatic hydroxyl groups is 1. The second kappa shape index (κ2) is 7.61. The average Bonchev–Trinajstić information content (AvgIpc) is 2.60. The van der Waals surface area contributed by atoms with E-state index in [2.05, 4.69) is 10.9 Å². The van der Waals surface area contributed by atoms with Gasteiger partial charge in [-0.05, 0) is 18.4 Å². The summed E-state index contributed by atoms with van der Waals surface area (Å²) < 4.78 is 0. The predicted molar refractivity (Wildman–Crippen MR) is 83.9 cm³/mol. The Hall–Kier alpha value is -1.59. The summed E-state index contributed by atoms with van der Waals surface area (Å²) in [6.45, 7) is 0. The van der Waals surface area contributed by atoms with Crippen LogP contribution in [0.5, 0.6) is 0 Å². The summed E-state index contributed by atoms with van der Waals surface area (Å²) in [4.78, 5) is 23.8. The molecule has 0 bridgehead atoms. The van der Waals surface area contributed by atoms with Crippen molar-refractivity contribution in [1.29, 1.82) is 0 Å². The largest absolute Gasteiger partial charge is 0.375 e. The number of carbonyl (C=O) groups excluding carboxylic acids is 2. The highest BCUT2D eigenvalue weighted by Gasteiger charge is 2.45. The van der Waals surface area contributed by atoms with Gasteiger partial charge < -0.3 is 5.11 Å². The Labute approximate surface area is 135 Å². The molecule has 22 heavy (non-hydrogen) atoms. The van der Waals surface area contributed by atoms with Gasteiger partial charge >= 0.3 is 0 Å². The van der Waals surface area contributed by atoms with Crippen LogP contribution in [-0.4, -0.2) is 22.8 Å². The van der Waals surface area contributed by atoms with Crippen LogP contribution < -0.4 is 10.9 Å². The third kappa shape index (κ3) is 3.59. The van der Waals surface area contributed by atoms with Crippen molar-refractivity contribution in [3.8, 4) is 0 Å². The molecule has 1 fully saturated rings. The Morgan fingerprint density at radius 2 is 1.77 bits per heavy atom. The van der Waals surface area contributed by atoms with Gasteiger partial charge in [-0.25, -0.2) is 0 Å². The number of hydrogen-bond donors (Lipinski definition) is 3. The lowest BCUT2D eigenvalue weighted by Gasteiger charge is -2.37. The van der Waals surface area contributed by atoms with Gasteiger partial charge in [0.2, 0.25) is 0 Å². The SMILES string of the molecule is O=C(CCl)NNC(=O)[C@](O)(c1ccccc1)C1CCCCC1. The number of benzene rings is 1. The Bertz CT molecular complexity index is 517. The standard InChI is InChI=1S/C16H21ClN2O3/c17-11-14(20)18-19-15(21)16(22,12-7-3-1-4-8-12)13-9-5-2-6-10-13/h1,3-4,7-8,13,22H,2,5-6,9-11H2,(H,18,20)(H,19,21)/t16-/m0/s1. The normalized spacial score (nSPS) is 18.3. The monoisotopic (exact) mass is 324 g/mol. The van der Waals surface area contributed by atoms with Crippen molar-refractivity contribution in [2.75, 3.05) is 5.88 Å². The average molecular weight is 325 g/mol. The molecule has 1 atom stereocenters. The number of nitrogens with one attached hydrogen (secondary N) is 2. The van der Waals surface area contributed by atoms with Crippen LogP contribution >= 0.6 is 11.6 Å². The molecule has 0 aliphatic heterocycles. The molecule has 2 amide bonds. The van der Waals surface area contributed by atoms with Crippen LogP contribution in [0.1, 0.15) is 37.7 Å². The van der Waals surface area contributed by atoms with Gasteiger partial charge in [-0.2, -0.15) is 0 Å². The Morgan fingerprint density at radius 3 is 2.36 bits per heavy atom. The number of hydrazine groups is 1. The molecule has 0 spiro atoms. The van der Waals surface area contributed by atoms with E-state index in [1.54, 1.807) is 24.3 Å². The van der Waals surface area contributed by atoms with Crippen molar-refractivity contribution in [1.82, 2.24) is 10.9 Å². The molecule has 6 heteroatoms. The van der Waals surface area contributed by atoms with E-state index in [1.807, 2.05) is 6.07 Å². The zero-order chi connectivity index (χ0) is 16.0. The molecule has 3 N–H and O–H groups in total. The highest BCUT2D eigenvalue weighted by atomic mass is 35.5. The van der Waals surface area contributed by atoms with Crippen molar-refractivity contribution in [3.05, 3.63) is 35.9 Å². The summed E-state index contributed by atoms with van der Waals surface area (Å²) in [7, 11) is 0.